The van der Waals surface area contributed by atoms with Crippen molar-refractivity contribution in [3.8, 4) is 0 Å². The van der Waals surface area contributed by atoms with Crippen molar-refractivity contribution in [1.82, 2.24) is 4.90 Å². The Hall–Kier alpha value is -1.06. The van der Waals surface area contributed by atoms with Crippen molar-refractivity contribution in [3.63, 3.8) is 0 Å². The molecule has 1 aromatic heterocycles. The third-order valence-electron chi connectivity index (χ3n) is 4.06. The number of nitrogens with zero attached hydrogens (tertiary/aromatic N) is 1. The van der Waals surface area contributed by atoms with Crippen LogP contribution in [0.5, 0.6) is 0 Å². The van der Waals surface area contributed by atoms with Crippen LogP contribution in [0.15, 0.2) is 28.9 Å². The van der Waals surface area contributed by atoms with Gasteiger partial charge in [0.1, 0.15) is 5.76 Å². The van der Waals surface area contributed by atoms with Gasteiger partial charge >= 0.3 is 0 Å². The molecular formula is C16H25NO2. The molecule has 1 aliphatic rings. The first-order valence-corrected chi connectivity index (χ1v) is 7.21. The normalized spacial score (nSPS) is 20.1. The molecule has 2 rings (SSSR count). The standard InChI is InChI=1S/C16H25NO2/c1-14(13-18-2)15-7-10-17(11-8-15)9-3-5-16-6-4-12-19-16/h3-6,12,14-15H,7-11,13H2,1-2H3/b5-3+/t14-/m1/s1. The second-order valence-electron chi connectivity index (χ2n) is 5.49. The molecule has 0 amide bonds. The lowest BCUT2D eigenvalue weighted by molar-refractivity contribution is 0.0938. The molecule has 2 heterocycles. The van der Waals surface area contributed by atoms with Gasteiger partial charge in [-0.15, -0.1) is 0 Å². The molecule has 1 aliphatic heterocycles. The lowest BCUT2D eigenvalue weighted by Crippen LogP contribution is -2.36. The van der Waals surface area contributed by atoms with Gasteiger partial charge in [0.05, 0.1) is 6.26 Å². The van der Waals surface area contributed by atoms with E-state index in [0.717, 1.165) is 24.8 Å². The summed E-state index contributed by atoms with van der Waals surface area (Å²) in [6, 6.07) is 3.90. The van der Waals surface area contributed by atoms with E-state index in [-0.39, 0.29) is 0 Å². The maximum absolute atomic E-state index is 5.28. The highest BCUT2D eigenvalue weighted by Crippen LogP contribution is 2.24. The van der Waals surface area contributed by atoms with Crippen LogP contribution in [0.1, 0.15) is 25.5 Å². The topological polar surface area (TPSA) is 25.6 Å². The largest absolute Gasteiger partial charge is 0.465 e. The Bertz CT molecular complexity index is 364. The van der Waals surface area contributed by atoms with Crippen LogP contribution in [-0.4, -0.2) is 38.3 Å². The molecule has 0 spiro atoms. The minimum atomic E-state index is 0.686. The summed E-state index contributed by atoms with van der Waals surface area (Å²) in [5, 5.41) is 0. The van der Waals surface area contributed by atoms with Crippen LogP contribution in [0.25, 0.3) is 6.08 Å². The minimum absolute atomic E-state index is 0.686. The lowest BCUT2D eigenvalue weighted by atomic mass is 9.86. The molecule has 3 nitrogen and oxygen atoms in total. The summed E-state index contributed by atoms with van der Waals surface area (Å²) in [5.74, 6) is 2.44. The first-order chi connectivity index (χ1) is 9.29. The Morgan fingerprint density at radius 1 is 1.47 bits per heavy atom. The van der Waals surface area contributed by atoms with Crippen molar-refractivity contribution in [2.24, 2.45) is 11.8 Å². The molecule has 1 atom stereocenters. The summed E-state index contributed by atoms with van der Waals surface area (Å²) < 4.78 is 10.5. The fraction of sp³-hybridized carbons (Fsp3) is 0.625. The fourth-order valence-corrected chi connectivity index (χ4v) is 2.81. The monoisotopic (exact) mass is 263 g/mol. The van der Waals surface area contributed by atoms with Crippen molar-refractivity contribution in [1.29, 1.82) is 0 Å². The second kappa shape index (κ2) is 7.51. The third kappa shape index (κ3) is 4.51. The zero-order valence-corrected chi connectivity index (χ0v) is 12.0. The van der Waals surface area contributed by atoms with Gasteiger partial charge in [0.25, 0.3) is 0 Å². The maximum atomic E-state index is 5.28. The van der Waals surface area contributed by atoms with Gasteiger partial charge < -0.3 is 9.15 Å². The molecule has 0 unspecified atom stereocenters. The molecule has 19 heavy (non-hydrogen) atoms. The van der Waals surface area contributed by atoms with Gasteiger partial charge in [0.2, 0.25) is 0 Å². The predicted octanol–water partition coefficient (Wildman–Crippen LogP) is 3.29. The average Bonchev–Trinajstić information content (AvgIpc) is 2.93. The zero-order chi connectivity index (χ0) is 13.5. The van der Waals surface area contributed by atoms with Gasteiger partial charge in [-0.25, -0.2) is 0 Å². The molecule has 0 radical (unpaired) electrons. The van der Waals surface area contributed by atoms with Crippen LogP contribution in [0.2, 0.25) is 0 Å². The lowest BCUT2D eigenvalue weighted by Gasteiger charge is -2.34. The van der Waals surface area contributed by atoms with Gasteiger partial charge in [0.15, 0.2) is 0 Å². The molecule has 0 bridgehead atoms. The van der Waals surface area contributed by atoms with E-state index in [0.29, 0.717) is 5.92 Å². The van der Waals surface area contributed by atoms with Gasteiger partial charge in [0, 0.05) is 20.3 Å². The van der Waals surface area contributed by atoms with Crippen LogP contribution in [0.3, 0.4) is 0 Å². The molecular weight excluding hydrogens is 238 g/mol. The number of hydrogen-bond donors (Lipinski definition) is 0. The number of methoxy groups -OCH3 is 1. The van der Waals surface area contributed by atoms with Crippen LogP contribution in [-0.2, 0) is 4.74 Å². The summed E-state index contributed by atoms with van der Waals surface area (Å²) in [4.78, 5) is 2.51. The minimum Gasteiger partial charge on any atom is -0.465 e. The number of furan rings is 1. The molecule has 0 saturated carbocycles. The summed E-state index contributed by atoms with van der Waals surface area (Å²) in [5.41, 5.74) is 0. The van der Waals surface area contributed by atoms with Crippen LogP contribution in [0.4, 0.5) is 0 Å². The van der Waals surface area contributed by atoms with Crippen molar-refractivity contribution < 1.29 is 9.15 Å². The summed E-state index contributed by atoms with van der Waals surface area (Å²) in [7, 11) is 1.80. The first-order valence-electron chi connectivity index (χ1n) is 7.21. The summed E-state index contributed by atoms with van der Waals surface area (Å²) in [6.45, 7) is 6.61. The van der Waals surface area contributed by atoms with E-state index in [1.807, 2.05) is 12.1 Å². The third-order valence-corrected chi connectivity index (χ3v) is 4.06. The molecule has 1 fully saturated rings. The Balaban J connectivity index is 1.69. The highest BCUT2D eigenvalue weighted by Gasteiger charge is 2.22. The van der Waals surface area contributed by atoms with Gasteiger partial charge in [-0.3, -0.25) is 4.90 Å². The SMILES string of the molecule is COC[C@@H](C)C1CCN(C/C=C/c2ccco2)CC1. The molecule has 1 saturated heterocycles. The highest BCUT2D eigenvalue weighted by atomic mass is 16.5. The van der Waals surface area contributed by atoms with E-state index in [1.54, 1.807) is 13.4 Å². The fourth-order valence-electron chi connectivity index (χ4n) is 2.81. The maximum Gasteiger partial charge on any atom is 0.126 e. The molecule has 106 valence electrons. The Labute approximate surface area is 116 Å². The van der Waals surface area contributed by atoms with Gasteiger partial charge in [-0.2, -0.15) is 0 Å². The van der Waals surface area contributed by atoms with E-state index < -0.39 is 0 Å². The Kier molecular flexibility index (Phi) is 5.67. The van der Waals surface area contributed by atoms with E-state index in [1.165, 1.54) is 25.9 Å². The van der Waals surface area contributed by atoms with Crippen molar-refractivity contribution in [2.45, 2.75) is 19.8 Å². The van der Waals surface area contributed by atoms with E-state index in [9.17, 15) is 0 Å². The first kappa shape index (κ1) is 14.4. The van der Waals surface area contributed by atoms with E-state index in [4.69, 9.17) is 9.15 Å². The van der Waals surface area contributed by atoms with Crippen LogP contribution >= 0.6 is 0 Å². The van der Waals surface area contributed by atoms with E-state index >= 15 is 0 Å². The number of piperidine rings is 1. The highest BCUT2D eigenvalue weighted by molar-refractivity contribution is 5.42. The Morgan fingerprint density at radius 3 is 2.89 bits per heavy atom. The summed E-state index contributed by atoms with van der Waals surface area (Å²) in [6.07, 6.45) is 8.54. The number of hydrogen-bond acceptors (Lipinski definition) is 3. The van der Waals surface area contributed by atoms with Crippen molar-refractivity contribution in [3.05, 3.63) is 30.2 Å². The molecule has 0 N–H and O–H groups in total. The van der Waals surface area contributed by atoms with Gasteiger partial charge in [-0.1, -0.05) is 13.0 Å². The van der Waals surface area contributed by atoms with Crippen molar-refractivity contribution in [2.75, 3.05) is 33.4 Å². The molecule has 3 heteroatoms. The van der Waals surface area contributed by atoms with Crippen LogP contribution in [0, 0.1) is 11.8 Å². The molecule has 0 aliphatic carbocycles. The average molecular weight is 263 g/mol. The zero-order valence-electron chi connectivity index (χ0n) is 12.0. The smallest absolute Gasteiger partial charge is 0.126 e. The molecule has 0 aromatic carbocycles. The summed E-state index contributed by atoms with van der Waals surface area (Å²) >= 11 is 0. The van der Waals surface area contributed by atoms with Crippen molar-refractivity contribution >= 4 is 6.08 Å². The number of likely N-dealkylation sites (tertiary alicyclic amines) is 1. The van der Waals surface area contributed by atoms with E-state index in [2.05, 4.69) is 24.0 Å². The number of rotatable bonds is 6. The van der Waals surface area contributed by atoms with Gasteiger partial charge in [-0.05, 0) is 56.0 Å². The quantitative estimate of drug-likeness (QED) is 0.787. The van der Waals surface area contributed by atoms with Crippen LogP contribution < -0.4 is 0 Å². The number of ether oxygens (including phenoxy) is 1. The Morgan fingerprint density at radius 2 is 2.26 bits per heavy atom. The molecule has 1 aromatic rings. The second-order valence-corrected chi connectivity index (χ2v) is 5.49. The predicted molar refractivity (Wildman–Crippen MR) is 77.9 cm³/mol.